The van der Waals surface area contributed by atoms with E-state index in [0.717, 1.165) is 64.8 Å². The highest BCUT2D eigenvalue weighted by molar-refractivity contribution is 7.07. The number of likely N-dealkylation sites (N-methyl/N-ethyl adjacent to an activating group) is 1. The van der Waals surface area contributed by atoms with Crippen molar-refractivity contribution in [2.75, 3.05) is 31.5 Å². The van der Waals surface area contributed by atoms with Crippen LogP contribution in [0.4, 0.5) is 5.69 Å². The monoisotopic (exact) mass is 529 g/mol. The Morgan fingerprint density at radius 3 is 2.76 bits per heavy atom. The van der Waals surface area contributed by atoms with Crippen LogP contribution in [-0.2, 0) is 4.79 Å². The Kier molecular flexibility index (Phi) is 7.26. The number of benzene rings is 1. The molecule has 196 valence electrons. The fraction of sp³-hybridized carbons (Fsp3) is 0.286. The molecule has 2 amide bonds. The summed E-state index contributed by atoms with van der Waals surface area (Å²) in [5, 5.41) is 12.4. The number of aryl methyl sites for hydroxylation is 1. The van der Waals surface area contributed by atoms with Crippen molar-refractivity contribution in [1.29, 1.82) is 0 Å². The lowest BCUT2D eigenvalue weighted by atomic mass is 10.00. The molecule has 3 N–H and O–H groups in total. The Morgan fingerprint density at radius 1 is 1.21 bits per heavy atom. The second-order valence-corrected chi connectivity index (χ2v) is 9.96. The molecule has 3 aromatic heterocycles. The second kappa shape index (κ2) is 10.8. The molecule has 0 unspecified atom stereocenters. The Morgan fingerprint density at radius 2 is 2.03 bits per heavy atom. The number of hydrogen-bond donors (Lipinski definition) is 3. The van der Waals surface area contributed by atoms with E-state index in [1.807, 2.05) is 49.7 Å². The minimum atomic E-state index is -0.174. The van der Waals surface area contributed by atoms with Crippen molar-refractivity contribution in [3.05, 3.63) is 69.6 Å². The van der Waals surface area contributed by atoms with Gasteiger partial charge in [-0.05, 0) is 56.3 Å². The second-order valence-electron chi connectivity index (χ2n) is 9.24. The molecular weight excluding hydrogens is 498 g/mol. The Labute approximate surface area is 225 Å². The van der Waals surface area contributed by atoms with Crippen LogP contribution in [0, 0.1) is 13.8 Å². The number of fused-ring (bicyclic) bond motifs is 1. The van der Waals surface area contributed by atoms with Crippen molar-refractivity contribution in [1.82, 2.24) is 30.0 Å². The molecular formula is C28H31N7O2S. The predicted molar refractivity (Wildman–Crippen MR) is 152 cm³/mol. The first-order valence-corrected chi connectivity index (χ1v) is 13.6. The van der Waals surface area contributed by atoms with Gasteiger partial charge in [-0.2, -0.15) is 5.10 Å². The van der Waals surface area contributed by atoms with Crippen LogP contribution in [0.5, 0.6) is 0 Å². The maximum absolute atomic E-state index is 13.0. The molecule has 1 aromatic carbocycles. The van der Waals surface area contributed by atoms with E-state index in [1.165, 1.54) is 11.3 Å². The maximum atomic E-state index is 13.0. The van der Waals surface area contributed by atoms with E-state index < -0.39 is 0 Å². The van der Waals surface area contributed by atoms with Gasteiger partial charge in [-0.15, -0.1) is 11.3 Å². The van der Waals surface area contributed by atoms with Gasteiger partial charge in [-0.25, -0.2) is 9.67 Å². The topological polar surface area (TPSA) is 108 Å². The van der Waals surface area contributed by atoms with Crippen LogP contribution in [0.3, 0.4) is 0 Å². The van der Waals surface area contributed by atoms with Crippen LogP contribution >= 0.6 is 11.3 Å². The highest BCUT2D eigenvalue weighted by Crippen LogP contribution is 2.37. The lowest BCUT2D eigenvalue weighted by Gasteiger charge is -2.18. The lowest BCUT2D eigenvalue weighted by Crippen LogP contribution is -2.35. The molecule has 4 heterocycles. The van der Waals surface area contributed by atoms with E-state index >= 15 is 0 Å². The number of nitrogens with zero attached hydrogens (tertiary/aromatic N) is 4. The van der Waals surface area contributed by atoms with Crippen molar-refractivity contribution in [3.8, 4) is 16.9 Å². The molecule has 0 aliphatic carbocycles. The summed E-state index contributed by atoms with van der Waals surface area (Å²) in [5.74, 6) is 0.487. The molecule has 4 aromatic rings. The van der Waals surface area contributed by atoms with E-state index in [9.17, 15) is 9.59 Å². The van der Waals surface area contributed by atoms with Crippen LogP contribution in [0.25, 0.3) is 28.6 Å². The van der Waals surface area contributed by atoms with Crippen molar-refractivity contribution >= 4 is 40.5 Å². The third-order valence-electron chi connectivity index (χ3n) is 6.97. The summed E-state index contributed by atoms with van der Waals surface area (Å²) in [6.07, 6.45) is 5.55. The largest absolute Gasteiger partial charge is 0.358 e. The zero-order valence-corrected chi connectivity index (χ0v) is 22.8. The Bertz CT molecular complexity index is 1510. The zero-order valence-electron chi connectivity index (χ0n) is 22.0. The molecule has 9 nitrogen and oxygen atoms in total. The van der Waals surface area contributed by atoms with E-state index in [-0.39, 0.29) is 11.8 Å². The van der Waals surface area contributed by atoms with Crippen LogP contribution in [0.2, 0.25) is 0 Å². The summed E-state index contributed by atoms with van der Waals surface area (Å²) in [7, 11) is 0. The first-order valence-electron chi connectivity index (χ1n) is 12.7. The number of anilines is 1. The number of thiazole rings is 1. The average Bonchev–Trinajstić information content (AvgIpc) is 3.70. The number of aromatic nitrogens is 4. The highest BCUT2D eigenvalue weighted by atomic mass is 32.1. The molecule has 0 spiro atoms. The van der Waals surface area contributed by atoms with Crippen molar-refractivity contribution in [2.45, 2.75) is 27.7 Å². The summed E-state index contributed by atoms with van der Waals surface area (Å²) in [5.41, 5.74) is 8.72. The quantitative estimate of drug-likeness (QED) is 0.277. The van der Waals surface area contributed by atoms with Crippen LogP contribution in [0.15, 0.2) is 41.5 Å². The first-order chi connectivity index (χ1) is 18.4. The normalized spacial score (nSPS) is 13.8. The van der Waals surface area contributed by atoms with Crippen LogP contribution < -0.4 is 10.6 Å². The molecule has 0 saturated carbocycles. The number of carbonyl (C=O) groups is 2. The Hall–Kier alpha value is -4.02. The van der Waals surface area contributed by atoms with Crippen LogP contribution in [0.1, 0.15) is 46.7 Å². The van der Waals surface area contributed by atoms with Crippen molar-refractivity contribution in [3.63, 3.8) is 0 Å². The predicted octanol–water partition coefficient (Wildman–Crippen LogP) is 4.51. The summed E-state index contributed by atoms with van der Waals surface area (Å²) in [4.78, 5) is 35.8. The number of hydrogen-bond acceptors (Lipinski definition) is 6. The van der Waals surface area contributed by atoms with Gasteiger partial charge in [-0.1, -0.05) is 19.9 Å². The maximum Gasteiger partial charge on any atom is 0.256 e. The fourth-order valence-electron chi connectivity index (χ4n) is 4.79. The van der Waals surface area contributed by atoms with Gasteiger partial charge in [0.25, 0.3) is 11.8 Å². The Balaban J connectivity index is 1.41. The van der Waals surface area contributed by atoms with E-state index in [1.54, 1.807) is 16.4 Å². The van der Waals surface area contributed by atoms with Gasteiger partial charge in [0, 0.05) is 52.9 Å². The molecule has 0 radical (unpaired) electrons. The van der Waals surface area contributed by atoms with Gasteiger partial charge < -0.3 is 20.5 Å². The third kappa shape index (κ3) is 4.92. The van der Waals surface area contributed by atoms with Crippen molar-refractivity contribution in [2.24, 2.45) is 0 Å². The van der Waals surface area contributed by atoms with Gasteiger partial charge in [0.15, 0.2) is 5.82 Å². The van der Waals surface area contributed by atoms with Gasteiger partial charge >= 0.3 is 0 Å². The zero-order chi connectivity index (χ0) is 26.8. The summed E-state index contributed by atoms with van der Waals surface area (Å²) in [6.45, 7) is 11.3. The molecule has 0 atom stereocenters. The van der Waals surface area contributed by atoms with E-state index in [2.05, 4.69) is 44.4 Å². The van der Waals surface area contributed by atoms with Gasteiger partial charge in [-0.3, -0.25) is 9.59 Å². The molecule has 1 aliphatic rings. The van der Waals surface area contributed by atoms with E-state index in [4.69, 9.17) is 0 Å². The number of H-pyrrole nitrogens is 1. The summed E-state index contributed by atoms with van der Waals surface area (Å²) < 4.78 is 1.74. The highest BCUT2D eigenvalue weighted by Gasteiger charge is 2.26. The molecule has 0 bridgehead atoms. The molecule has 10 heteroatoms. The lowest BCUT2D eigenvalue weighted by molar-refractivity contribution is -0.110. The summed E-state index contributed by atoms with van der Waals surface area (Å²) >= 11 is 1.51. The molecule has 5 rings (SSSR count). The molecule has 1 aliphatic heterocycles. The minimum Gasteiger partial charge on any atom is -0.358 e. The SMILES string of the molecule is CCN(CC)CCNC(=O)c1c(C)[nH]c(C=C2C(=O)Nc3ccc(-c4cnn(-c5cscn5)c4)cc32)c1C. The summed E-state index contributed by atoms with van der Waals surface area (Å²) in [6, 6.07) is 5.87. The third-order valence-corrected chi connectivity index (χ3v) is 7.55. The van der Waals surface area contributed by atoms with Gasteiger partial charge in [0.05, 0.1) is 22.8 Å². The smallest absolute Gasteiger partial charge is 0.256 e. The standard InChI is InChI=1S/C28H31N7O2S/c1-5-34(6-2)10-9-29-28(37)26-17(3)24(32-18(26)4)12-22-21-11-19(7-8-23(21)33-27(22)36)20-13-31-35(14-20)25-15-38-16-30-25/h7-8,11-16,32H,5-6,9-10H2,1-4H3,(H,29,37)(H,33,36). The minimum absolute atomic E-state index is 0.108. The number of rotatable bonds is 9. The average molecular weight is 530 g/mol. The van der Waals surface area contributed by atoms with Gasteiger partial charge in [0.1, 0.15) is 0 Å². The number of aromatic amines is 1. The first kappa shape index (κ1) is 25.6. The van der Waals surface area contributed by atoms with Crippen molar-refractivity contribution < 1.29 is 9.59 Å². The van der Waals surface area contributed by atoms with Crippen LogP contribution in [-0.4, -0.2) is 62.6 Å². The van der Waals surface area contributed by atoms with Gasteiger partial charge in [0.2, 0.25) is 0 Å². The number of carbonyl (C=O) groups excluding carboxylic acids is 2. The van der Waals surface area contributed by atoms with E-state index in [0.29, 0.717) is 17.7 Å². The number of amides is 2. The molecule has 38 heavy (non-hydrogen) atoms. The molecule has 0 fully saturated rings. The number of nitrogens with one attached hydrogen (secondary N) is 3. The fourth-order valence-corrected chi connectivity index (χ4v) is 5.31. The molecule has 0 saturated heterocycles.